The van der Waals surface area contributed by atoms with Gasteiger partial charge in [0.05, 0.1) is 6.07 Å². The summed E-state index contributed by atoms with van der Waals surface area (Å²) in [6.45, 7) is 1.27. The van der Waals surface area contributed by atoms with Crippen LogP contribution in [-0.2, 0) is 6.54 Å². The van der Waals surface area contributed by atoms with Crippen LogP contribution in [0.5, 0.6) is 0 Å². The van der Waals surface area contributed by atoms with Crippen LogP contribution in [-0.4, -0.2) is 21.9 Å². The molecular formula is C12H13N3O4. The van der Waals surface area contributed by atoms with Crippen LogP contribution in [0.25, 0.3) is 0 Å². The Morgan fingerprint density at radius 2 is 2.11 bits per heavy atom. The summed E-state index contributed by atoms with van der Waals surface area (Å²) in [5.74, 6) is -0.925. The zero-order chi connectivity index (χ0) is 13.7. The molecule has 0 aliphatic carbocycles. The van der Waals surface area contributed by atoms with E-state index in [4.69, 9.17) is 4.42 Å². The Hall–Kier alpha value is -2.57. The lowest BCUT2D eigenvalue weighted by atomic mass is 10.4. The number of carbonyl (C=O) groups excluding carboxylic acids is 1. The highest BCUT2D eigenvalue weighted by atomic mass is 16.6. The number of nitro groups is 1. The smallest absolute Gasteiger partial charge is 0.395 e. The van der Waals surface area contributed by atoms with Gasteiger partial charge in [0.2, 0.25) is 0 Å². The van der Waals surface area contributed by atoms with Crippen molar-refractivity contribution in [3.8, 4) is 0 Å². The molecule has 0 aliphatic heterocycles. The predicted octanol–water partition coefficient (Wildman–Crippen LogP) is 1.81. The Bertz CT molecular complexity index is 559. The lowest BCUT2D eigenvalue weighted by Crippen LogP contribution is -2.24. The number of nitrogens with zero attached hydrogens (tertiary/aromatic N) is 2. The summed E-state index contributed by atoms with van der Waals surface area (Å²) in [7, 11) is 0. The molecule has 2 aromatic rings. The summed E-state index contributed by atoms with van der Waals surface area (Å²) in [5.41, 5.74) is 0. The second-order valence-corrected chi connectivity index (χ2v) is 3.93. The first-order valence-electron chi connectivity index (χ1n) is 5.80. The van der Waals surface area contributed by atoms with Gasteiger partial charge in [-0.1, -0.05) is 0 Å². The van der Waals surface area contributed by atoms with Crippen LogP contribution in [0.15, 0.2) is 41.1 Å². The fraction of sp³-hybridized carbons (Fsp3) is 0.250. The lowest BCUT2D eigenvalue weighted by molar-refractivity contribution is -0.402. The molecule has 7 heteroatoms. The minimum absolute atomic E-state index is 0.0485. The van der Waals surface area contributed by atoms with Crippen LogP contribution in [0.2, 0.25) is 0 Å². The molecule has 2 aromatic heterocycles. The number of nitrogens with one attached hydrogen (secondary N) is 1. The van der Waals surface area contributed by atoms with Crippen molar-refractivity contribution >= 4 is 11.8 Å². The standard InChI is InChI=1S/C12H13N3O4/c16-12(10-4-5-11(19-10)15(17)18)13-6-3-9-14-7-1-2-8-14/h1-2,4-5,7-8H,3,6,9H2,(H,13,16). The highest BCUT2D eigenvalue weighted by molar-refractivity contribution is 5.91. The number of carbonyl (C=O) groups is 1. The van der Waals surface area contributed by atoms with Crippen LogP contribution in [0, 0.1) is 10.1 Å². The first-order valence-corrected chi connectivity index (χ1v) is 5.80. The van der Waals surface area contributed by atoms with Gasteiger partial charge in [0, 0.05) is 25.5 Å². The van der Waals surface area contributed by atoms with E-state index in [0.717, 1.165) is 19.0 Å². The molecule has 1 N–H and O–H groups in total. The molecule has 1 amide bonds. The van der Waals surface area contributed by atoms with Gasteiger partial charge in [-0.3, -0.25) is 14.9 Å². The van der Waals surface area contributed by atoms with Crippen LogP contribution in [0.1, 0.15) is 17.0 Å². The van der Waals surface area contributed by atoms with Crippen LogP contribution >= 0.6 is 0 Å². The number of hydrogen-bond acceptors (Lipinski definition) is 4. The van der Waals surface area contributed by atoms with Crippen LogP contribution in [0.4, 0.5) is 5.88 Å². The molecule has 0 spiro atoms. The summed E-state index contributed by atoms with van der Waals surface area (Å²) < 4.78 is 6.80. The summed E-state index contributed by atoms with van der Waals surface area (Å²) in [5, 5.41) is 13.1. The second-order valence-electron chi connectivity index (χ2n) is 3.93. The van der Waals surface area contributed by atoms with E-state index in [0.29, 0.717) is 6.54 Å². The van der Waals surface area contributed by atoms with E-state index in [1.807, 2.05) is 29.1 Å². The van der Waals surface area contributed by atoms with Gasteiger partial charge in [-0.15, -0.1) is 0 Å². The van der Waals surface area contributed by atoms with Gasteiger partial charge in [0.25, 0.3) is 5.91 Å². The van der Waals surface area contributed by atoms with Crippen molar-refractivity contribution in [2.45, 2.75) is 13.0 Å². The Labute approximate surface area is 109 Å². The Kier molecular flexibility index (Phi) is 3.97. The van der Waals surface area contributed by atoms with E-state index in [9.17, 15) is 14.9 Å². The molecule has 0 aromatic carbocycles. The number of aromatic nitrogens is 1. The zero-order valence-electron chi connectivity index (χ0n) is 10.1. The maximum atomic E-state index is 11.6. The molecule has 0 atom stereocenters. The minimum atomic E-state index is -0.678. The van der Waals surface area contributed by atoms with Crippen molar-refractivity contribution in [1.29, 1.82) is 0 Å². The SMILES string of the molecule is O=C(NCCCn1cccc1)c1ccc([N+](=O)[O-])o1. The quantitative estimate of drug-likeness (QED) is 0.489. The van der Waals surface area contributed by atoms with E-state index >= 15 is 0 Å². The normalized spacial score (nSPS) is 10.3. The molecular weight excluding hydrogens is 250 g/mol. The molecule has 0 bridgehead atoms. The van der Waals surface area contributed by atoms with Gasteiger partial charge < -0.3 is 14.3 Å². The van der Waals surface area contributed by atoms with Gasteiger partial charge in [0.15, 0.2) is 5.76 Å². The number of furan rings is 1. The highest BCUT2D eigenvalue weighted by Crippen LogP contribution is 2.15. The van der Waals surface area contributed by atoms with Crippen molar-refractivity contribution in [1.82, 2.24) is 9.88 Å². The zero-order valence-corrected chi connectivity index (χ0v) is 10.1. The molecule has 2 rings (SSSR count). The van der Waals surface area contributed by atoms with Crippen molar-refractivity contribution in [2.24, 2.45) is 0 Å². The summed E-state index contributed by atoms with van der Waals surface area (Å²) in [6, 6.07) is 6.31. The van der Waals surface area contributed by atoms with Gasteiger partial charge >= 0.3 is 5.88 Å². The highest BCUT2D eigenvalue weighted by Gasteiger charge is 2.16. The summed E-state index contributed by atoms with van der Waals surface area (Å²) in [6.07, 6.45) is 4.65. The van der Waals surface area contributed by atoms with Crippen molar-refractivity contribution in [2.75, 3.05) is 6.54 Å². The molecule has 0 saturated heterocycles. The van der Waals surface area contributed by atoms with E-state index < -0.39 is 16.7 Å². The topological polar surface area (TPSA) is 90.3 Å². The third kappa shape index (κ3) is 3.44. The Morgan fingerprint density at radius 3 is 2.74 bits per heavy atom. The van der Waals surface area contributed by atoms with Gasteiger partial charge in [-0.2, -0.15) is 0 Å². The Morgan fingerprint density at radius 1 is 1.37 bits per heavy atom. The first-order chi connectivity index (χ1) is 9.16. The molecule has 0 fully saturated rings. The van der Waals surface area contributed by atoms with E-state index in [2.05, 4.69) is 5.32 Å². The molecule has 0 unspecified atom stereocenters. The number of rotatable bonds is 6. The molecule has 0 saturated carbocycles. The average Bonchev–Trinajstić information content (AvgIpc) is 3.05. The maximum absolute atomic E-state index is 11.6. The third-order valence-corrected chi connectivity index (χ3v) is 2.54. The predicted molar refractivity (Wildman–Crippen MR) is 66.7 cm³/mol. The van der Waals surface area contributed by atoms with Crippen LogP contribution < -0.4 is 5.32 Å². The second kappa shape index (κ2) is 5.85. The van der Waals surface area contributed by atoms with Crippen molar-refractivity contribution in [3.63, 3.8) is 0 Å². The first kappa shape index (κ1) is 12.9. The molecule has 2 heterocycles. The molecule has 19 heavy (non-hydrogen) atoms. The Balaban J connectivity index is 1.76. The fourth-order valence-electron chi connectivity index (χ4n) is 1.62. The molecule has 0 aliphatic rings. The third-order valence-electron chi connectivity index (χ3n) is 2.54. The average molecular weight is 263 g/mol. The number of hydrogen-bond donors (Lipinski definition) is 1. The molecule has 100 valence electrons. The monoisotopic (exact) mass is 263 g/mol. The van der Waals surface area contributed by atoms with Crippen molar-refractivity contribution in [3.05, 3.63) is 52.5 Å². The summed E-state index contributed by atoms with van der Waals surface area (Å²) in [4.78, 5) is 21.3. The fourth-order valence-corrected chi connectivity index (χ4v) is 1.62. The number of aryl methyl sites for hydroxylation is 1. The van der Waals surface area contributed by atoms with Gasteiger partial charge in [-0.05, 0) is 24.6 Å². The molecule has 0 radical (unpaired) electrons. The lowest BCUT2D eigenvalue weighted by Gasteiger charge is -2.04. The van der Waals surface area contributed by atoms with Gasteiger partial charge in [-0.25, -0.2) is 0 Å². The van der Waals surface area contributed by atoms with E-state index in [1.54, 1.807) is 0 Å². The van der Waals surface area contributed by atoms with Crippen molar-refractivity contribution < 1.29 is 14.1 Å². The summed E-state index contributed by atoms with van der Waals surface area (Å²) >= 11 is 0. The maximum Gasteiger partial charge on any atom is 0.433 e. The van der Waals surface area contributed by atoms with Gasteiger partial charge in [0.1, 0.15) is 4.92 Å². The van der Waals surface area contributed by atoms with Crippen LogP contribution in [0.3, 0.4) is 0 Å². The largest absolute Gasteiger partial charge is 0.433 e. The number of amides is 1. The minimum Gasteiger partial charge on any atom is -0.395 e. The van der Waals surface area contributed by atoms with E-state index in [1.165, 1.54) is 6.07 Å². The van der Waals surface area contributed by atoms with E-state index in [-0.39, 0.29) is 5.76 Å². The molecule has 7 nitrogen and oxygen atoms in total.